The van der Waals surface area contributed by atoms with Crippen molar-refractivity contribution in [2.75, 3.05) is 20.2 Å². The van der Waals surface area contributed by atoms with E-state index < -0.39 is 46.1 Å². The lowest BCUT2D eigenvalue weighted by Crippen LogP contribution is -2.72. The number of allylic oxidation sites excluding steroid dienone is 4. The van der Waals surface area contributed by atoms with Gasteiger partial charge in [-0.25, -0.2) is 8.78 Å². The van der Waals surface area contributed by atoms with Gasteiger partial charge in [0.15, 0.2) is 19.3 Å². The number of aliphatic hydroxyl groups is 1. The van der Waals surface area contributed by atoms with Gasteiger partial charge in [0.2, 0.25) is 5.79 Å². The highest BCUT2D eigenvalue weighted by Gasteiger charge is 2.82. The molecule has 33 heavy (non-hydrogen) atoms. The van der Waals surface area contributed by atoms with E-state index in [4.69, 9.17) is 18.9 Å². The van der Waals surface area contributed by atoms with Crippen molar-refractivity contribution in [2.45, 2.75) is 89.6 Å². The molecular formula is C26H38F2O5. The second-order valence-corrected chi connectivity index (χ2v) is 11.0. The van der Waals surface area contributed by atoms with Gasteiger partial charge >= 0.3 is 0 Å². The Morgan fingerprint density at radius 2 is 1.79 bits per heavy atom. The predicted octanol–water partition coefficient (Wildman–Crippen LogP) is 4.84. The first kappa shape index (κ1) is 23.9. The number of alkyl halides is 2. The number of aliphatic hydroxyl groups excluding tert-OH is 1. The van der Waals surface area contributed by atoms with Crippen LogP contribution in [0.25, 0.3) is 0 Å². The third-order valence-electron chi connectivity index (χ3n) is 10.0. The standard InChI is InChI=1S/C24H32F2O5.C2H6/c1-14-8-16-17-9-18(25)15-6-4-5-7-20(15,2)23(17,26)19(27)10-21(16,3)24(14)22(30-13-31-24)11-28-12-29-22;1-2/h5-7,14,16-19,27H,4,8-13H2,1-3H3;1-2H3/t14-,16-,17-,18-,19-,20-,21-,22?,23-,24+;/m0./s1. The van der Waals surface area contributed by atoms with E-state index in [9.17, 15) is 5.11 Å². The van der Waals surface area contributed by atoms with Crippen LogP contribution in [0.5, 0.6) is 0 Å². The van der Waals surface area contributed by atoms with E-state index in [1.807, 2.05) is 26.0 Å². The maximum atomic E-state index is 17.2. The fraction of sp³-hybridized carbons (Fsp3) is 0.846. The first-order chi connectivity index (χ1) is 15.7. The number of halogens is 2. The smallest absolute Gasteiger partial charge is 0.227 e. The quantitative estimate of drug-likeness (QED) is 0.516. The van der Waals surface area contributed by atoms with Gasteiger partial charge in [-0.3, -0.25) is 0 Å². The molecule has 0 radical (unpaired) electrons. The minimum atomic E-state index is -1.94. The van der Waals surface area contributed by atoms with Gasteiger partial charge in [0, 0.05) is 16.7 Å². The Bertz CT molecular complexity index is 850. The molecule has 0 aromatic carbocycles. The number of hydrogen-bond acceptors (Lipinski definition) is 5. The summed E-state index contributed by atoms with van der Waals surface area (Å²) in [6, 6.07) is 0. The van der Waals surface area contributed by atoms with Gasteiger partial charge in [0.25, 0.3) is 0 Å². The molecule has 3 saturated carbocycles. The molecule has 1 N–H and O–H groups in total. The molecule has 2 heterocycles. The van der Waals surface area contributed by atoms with Crippen molar-refractivity contribution < 1.29 is 32.8 Å². The van der Waals surface area contributed by atoms with E-state index in [1.54, 1.807) is 13.0 Å². The Morgan fingerprint density at radius 1 is 1.06 bits per heavy atom. The molecule has 0 bridgehead atoms. The lowest BCUT2D eigenvalue weighted by Gasteiger charge is -2.64. The Labute approximate surface area is 195 Å². The SMILES string of the molecule is CC.C[C@H]1C[C@H]2[C@@H]3C[C@H](F)C4=CCC=C[C@]4(C)[C@@]3(F)[C@@H](O)C[C@]2(C)[C@]12OCOC21COCO1. The molecule has 7 heteroatoms. The van der Waals surface area contributed by atoms with Crippen LogP contribution in [-0.2, 0) is 18.9 Å². The lowest BCUT2D eigenvalue weighted by atomic mass is 9.44. The Kier molecular flexibility index (Phi) is 5.47. The van der Waals surface area contributed by atoms with Crippen LogP contribution in [0.4, 0.5) is 8.78 Å². The molecule has 0 aromatic rings. The highest BCUT2D eigenvalue weighted by molar-refractivity contribution is 5.41. The van der Waals surface area contributed by atoms with Crippen LogP contribution in [0.2, 0.25) is 0 Å². The molecule has 186 valence electrons. The average Bonchev–Trinajstić information content (AvgIpc) is 3.48. The average molecular weight is 469 g/mol. The number of hydrogen-bond donors (Lipinski definition) is 1. The monoisotopic (exact) mass is 468 g/mol. The van der Waals surface area contributed by atoms with E-state index in [-0.39, 0.29) is 44.9 Å². The summed E-state index contributed by atoms with van der Waals surface area (Å²) in [5.74, 6) is -1.90. The second kappa shape index (κ2) is 7.57. The van der Waals surface area contributed by atoms with Gasteiger partial charge in [-0.1, -0.05) is 45.9 Å². The van der Waals surface area contributed by atoms with Crippen LogP contribution in [0.15, 0.2) is 23.8 Å². The number of fused-ring (bicyclic) bond motifs is 7. The van der Waals surface area contributed by atoms with Gasteiger partial charge in [0.1, 0.15) is 18.4 Å². The number of rotatable bonds is 0. The second-order valence-electron chi connectivity index (χ2n) is 11.0. The molecule has 4 aliphatic carbocycles. The highest BCUT2D eigenvalue weighted by atomic mass is 19.1. The molecule has 6 rings (SSSR count). The molecule has 5 fully saturated rings. The van der Waals surface area contributed by atoms with Crippen LogP contribution < -0.4 is 0 Å². The zero-order valence-corrected chi connectivity index (χ0v) is 20.4. The van der Waals surface area contributed by atoms with Crippen molar-refractivity contribution in [1.29, 1.82) is 0 Å². The molecule has 2 saturated heterocycles. The van der Waals surface area contributed by atoms with Gasteiger partial charge in [0.05, 0.1) is 6.10 Å². The summed E-state index contributed by atoms with van der Waals surface area (Å²) in [4.78, 5) is 0. The van der Waals surface area contributed by atoms with E-state index in [0.29, 0.717) is 18.4 Å². The van der Waals surface area contributed by atoms with Crippen molar-refractivity contribution in [3.63, 3.8) is 0 Å². The van der Waals surface area contributed by atoms with Crippen LogP contribution in [-0.4, -0.2) is 54.6 Å². The maximum Gasteiger partial charge on any atom is 0.227 e. The predicted molar refractivity (Wildman–Crippen MR) is 119 cm³/mol. The van der Waals surface area contributed by atoms with Gasteiger partial charge < -0.3 is 24.1 Å². The first-order valence-corrected chi connectivity index (χ1v) is 12.6. The van der Waals surface area contributed by atoms with Crippen LogP contribution in [0.3, 0.4) is 0 Å². The topological polar surface area (TPSA) is 57.2 Å². The Morgan fingerprint density at radius 3 is 2.48 bits per heavy atom. The molecule has 0 aromatic heterocycles. The number of ether oxygens (including phenoxy) is 4. The van der Waals surface area contributed by atoms with Crippen LogP contribution in [0.1, 0.15) is 60.3 Å². The zero-order valence-electron chi connectivity index (χ0n) is 20.4. The molecule has 2 aliphatic heterocycles. The molecular weight excluding hydrogens is 430 g/mol. The minimum Gasteiger partial charge on any atom is -0.390 e. The van der Waals surface area contributed by atoms with Crippen molar-refractivity contribution in [3.05, 3.63) is 23.8 Å². The van der Waals surface area contributed by atoms with Crippen LogP contribution in [0, 0.1) is 28.6 Å². The summed E-state index contributed by atoms with van der Waals surface area (Å²) in [7, 11) is 0. The largest absolute Gasteiger partial charge is 0.390 e. The van der Waals surface area contributed by atoms with E-state index in [2.05, 4.69) is 13.8 Å². The summed E-state index contributed by atoms with van der Waals surface area (Å²) in [5.41, 5.74) is -4.12. The van der Waals surface area contributed by atoms with E-state index in [1.165, 1.54) is 0 Å². The maximum absolute atomic E-state index is 17.2. The summed E-state index contributed by atoms with van der Waals surface area (Å²) >= 11 is 0. The third-order valence-corrected chi connectivity index (χ3v) is 10.0. The Balaban J connectivity index is 0.00000111. The highest BCUT2D eigenvalue weighted by Crippen LogP contribution is 2.74. The lowest BCUT2D eigenvalue weighted by molar-refractivity contribution is -0.278. The summed E-state index contributed by atoms with van der Waals surface area (Å²) in [5, 5.41) is 11.5. The van der Waals surface area contributed by atoms with Crippen molar-refractivity contribution in [2.24, 2.45) is 28.6 Å². The molecule has 10 atom stereocenters. The van der Waals surface area contributed by atoms with Crippen molar-refractivity contribution in [1.82, 2.24) is 0 Å². The molecule has 2 spiro atoms. The Hall–Kier alpha value is -0.860. The summed E-state index contributed by atoms with van der Waals surface area (Å²) in [6.07, 6.45) is 4.59. The fourth-order valence-electron chi connectivity index (χ4n) is 8.88. The van der Waals surface area contributed by atoms with Crippen molar-refractivity contribution in [3.8, 4) is 0 Å². The van der Waals surface area contributed by atoms with Crippen molar-refractivity contribution >= 4 is 0 Å². The van der Waals surface area contributed by atoms with Gasteiger partial charge in [-0.05, 0) is 50.0 Å². The third kappa shape index (κ3) is 2.53. The van der Waals surface area contributed by atoms with E-state index in [0.717, 1.165) is 0 Å². The van der Waals surface area contributed by atoms with E-state index >= 15 is 8.78 Å². The molecule has 6 aliphatic rings. The normalized spacial score (nSPS) is 56.7. The van der Waals surface area contributed by atoms with Gasteiger partial charge in [-0.2, -0.15) is 0 Å². The molecule has 0 amide bonds. The zero-order chi connectivity index (χ0) is 23.9. The first-order valence-electron chi connectivity index (χ1n) is 12.6. The summed E-state index contributed by atoms with van der Waals surface area (Å²) < 4.78 is 56.7. The van der Waals surface area contributed by atoms with Crippen LogP contribution >= 0.6 is 0 Å². The minimum absolute atomic E-state index is 0.0223. The molecule has 1 unspecified atom stereocenters. The summed E-state index contributed by atoms with van der Waals surface area (Å²) in [6.45, 7) is 10.3. The fourth-order valence-corrected chi connectivity index (χ4v) is 8.88. The molecule has 5 nitrogen and oxygen atoms in total. The van der Waals surface area contributed by atoms with Gasteiger partial charge in [-0.15, -0.1) is 0 Å².